The third kappa shape index (κ3) is 6.53. The molecule has 0 saturated carbocycles. The minimum absolute atomic E-state index is 0.00256. The van der Waals surface area contributed by atoms with Gasteiger partial charge in [0.15, 0.2) is 52.1 Å². The first kappa shape index (κ1) is 33.8. The average Bonchev–Trinajstić information content (AvgIpc) is 3.59. The van der Waals surface area contributed by atoms with Crippen LogP contribution in [-0.4, -0.2) is 32.2 Å². The van der Waals surface area contributed by atoms with Crippen LogP contribution in [0, 0.1) is 23.3 Å². The van der Waals surface area contributed by atoms with Crippen LogP contribution in [0.3, 0.4) is 0 Å². The van der Waals surface area contributed by atoms with Crippen molar-refractivity contribution < 1.29 is 41.3 Å². The van der Waals surface area contributed by atoms with Crippen molar-refractivity contribution in [3.63, 3.8) is 0 Å². The number of fused-ring (bicyclic) bond motifs is 6. The minimum atomic E-state index is -0.747. The van der Waals surface area contributed by atoms with Gasteiger partial charge in [-0.05, 0) is 85.3 Å². The van der Waals surface area contributed by atoms with Crippen LogP contribution in [0.1, 0.15) is 80.4 Å². The molecule has 0 radical (unpaired) electrons. The molecule has 47 heavy (non-hydrogen) atoms. The van der Waals surface area contributed by atoms with Gasteiger partial charge in [-0.15, -0.1) is 0 Å². The minimum Gasteiger partial charge on any atom is -0.491 e. The van der Waals surface area contributed by atoms with E-state index < -0.39 is 23.2 Å². The molecule has 0 aromatic heterocycles. The van der Waals surface area contributed by atoms with Gasteiger partial charge >= 0.3 is 0 Å². The maximum Gasteiger partial charge on any atom is 0.200 e. The average molecular weight is 651 g/mol. The van der Waals surface area contributed by atoms with Gasteiger partial charge in [0.2, 0.25) is 0 Å². The number of hydrogen-bond donors (Lipinski definition) is 0. The summed E-state index contributed by atoms with van der Waals surface area (Å²) >= 11 is 0. The van der Waals surface area contributed by atoms with E-state index in [4.69, 9.17) is 18.9 Å². The Hall–Kier alpha value is -4.53. The van der Waals surface area contributed by atoms with E-state index >= 15 is 0 Å². The van der Waals surface area contributed by atoms with Crippen molar-refractivity contribution >= 4 is 5.78 Å². The number of rotatable bonds is 12. The first-order chi connectivity index (χ1) is 22.8. The first-order valence-corrected chi connectivity index (χ1v) is 16.1. The van der Waals surface area contributed by atoms with Crippen LogP contribution in [0.15, 0.2) is 48.5 Å². The normalized spacial score (nSPS) is 12.0. The summed E-state index contributed by atoms with van der Waals surface area (Å²) < 4.78 is 79.8. The Morgan fingerprint density at radius 1 is 0.511 bits per heavy atom. The molecule has 6 rings (SSSR count). The van der Waals surface area contributed by atoms with Crippen LogP contribution in [0.4, 0.5) is 17.6 Å². The molecule has 0 amide bonds. The van der Waals surface area contributed by atoms with E-state index in [1.807, 2.05) is 13.0 Å². The molecule has 2 aliphatic rings. The molecule has 0 N–H and O–H groups in total. The fraction of sp³-hybridized carbons (Fsp3) is 0.342. The summed E-state index contributed by atoms with van der Waals surface area (Å²) in [5, 5.41) is 0. The molecule has 0 heterocycles. The molecule has 0 unspecified atom stereocenters. The second kappa shape index (κ2) is 14.9. The summed E-state index contributed by atoms with van der Waals surface area (Å²) in [6.45, 7) is 9.12. The zero-order valence-electron chi connectivity index (χ0n) is 27.0. The van der Waals surface area contributed by atoms with Gasteiger partial charge in [-0.25, -0.2) is 17.6 Å². The lowest BCUT2D eigenvalue weighted by atomic mass is 10.0. The summed E-state index contributed by atoms with van der Waals surface area (Å²) in [5.41, 5.74) is 2.97. The number of carbonyl (C=O) groups is 1. The van der Waals surface area contributed by atoms with Crippen LogP contribution in [0.25, 0.3) is 22.3 Å². The van der Waals surface area contributed by atoms with Crippen molar-refractivity contribution in [3.05, 3.63) is 94.1 Å². The number of benzene rings is 4. The van der Waals surface area contributed by atoms with Crippen molar-refractivity contribution in [2.24, 2.45) is 0 Å². The molecule has 4 aromatic carbocycles. The van der Waals surface area contributed by atoms with Crippen LogP contribution < -0.4 is 18.9 Å². The van der Waals surface area contributed by atoms with Gasteiger partial charge < -0.3 is 18.9 Å². The lowest BCUT2D eigenvalue weighted by molar-refractivity contribution is 0.103. The second-order valence-corrected chi connectivity index (χ2v) is 11.2. The molecule has 5 nitrogen and oxygen atoms in total. The van der Waals surface area contributed by atoms with E-state index in [1.54, 1.807) is 44.2 Å². The summed E-state index contributed by atoms with van der Waals surface area (Å²) in [6.07, 6.45) is 3.81. The van der Waals surface area contributed by atoms with Crippen LogP contribution >= 0.6 is 0 Å². The van der Waals surface area contributed by atoms with Gasteiger partial charge in [-0.2, -0.15) is 0 Å². The fourth-order valence-electron chi connectivity index (χ4n) is 5.77. The van der Waals surface area contributed by atoms with Crippen molar-refractivity contribution in [1.82, 2.24) is 0 Å². The fourth-order valence-corrected chi connectivity index (χ4v) is 5.77. The van der Waals surface area contributed by atoms with Gasteiger partial charge in [-0.1, -0.05) is 38.8 Å². The Bertz CT molecular complexity index is 1790. The van der Waals surface area contributed by atoms with Crippen molar-refractivity contribution in [3.8, 4) is 45.3 Å². The highest BCUT2D eigenvalue weighted by molar-refractivity contribution is 6.22. The van der Waals surface area contributed by atoms with Crippen LogP contribution in [-0.2, 0) is 6.42 Å². The molecule has 0 atom stereocenters. The maximum atomic E-state index is 14.7. The molecule has 248 valence electrons. The Balaban J connectivity index is 0.000000185. The predicted octanol–water partition coefficient (Wildman–Crippen LogP) is 9.87. The molecule has 0 aliphatic heterocycles. The molecule has 2 aliphatic carbocycles. The Labute approximate surface area is 272 Å². The molecule has 0 fully saturated rings. The topological polar surface area (TPSA) is 54.0 Å². The third-order valence-corrected chi connectivity index (χ3v) is 8.13. The summed E-state index contributed by atoms with van der Waals surface area (Å²) in [4.78, 5) is 12.6. The van der Waals surface area contributed by atoms with Crippen LogP contribution in [0.5, 0.6) is 23.0 Å². The third-order valence-electron chi connectivity index (χ3n) is 8.13. The zero-order chi connectivity index (χ0) is 33.7. The molecule has 0 bridgehead atoms. The van der Waals surface area contributed by atoms with Gasteiger partial charge in [0, 0.05) is 17.5 Å². The zero-order valence-corrected chi connectivity index (χ0v) is 27.0. The lowest BCUT2D eigenvalue weighted by Gasteiger charge is -2.10. The number of ether oxygens (including phenoxy) is 4. The number of hydrogen-bond acceptors (Lipinski definition) is 5. The number of carbonyl (C=O) groups excluding carboxylic acids is 1. The molecule has 0 spiro atoms. The maximum absolute atomic E-state index is 14.7. The van der Waals surface area contributed by atoms with Crippen molar-refractivity contribution in [2.75, 3.05) is 26.4 Å². The molecular weight excluding hydrogens is 612 g/mol. The Kier molecular flexibility index (Phi) is 10.7. The van der Waals surface area contributed by atoms with Gasteiger partial charge in [0.05, 0.1) is 37.6 Å². The quantitative estimate of drug-likeness (QED) is 0.0975. The smallest absolute Gasteiger partial charge is 0.200 e. The Morgan fingerprint density at radius 3 is 1.28 bits per heavy atom. The standard InChI is InChI=1S/C19H18F2O3.C19H20F2O2/c1-3-5-10-24-14-9-7-12-11-6-8-13(23-4-2)17(20)15(11)19(22)16(12)18(14)21;1-3-5-10-23-17-9-7-13-12-6-8-16(22-4-2)18(20)14(12)11-15(13)19(17)21/h6-9H,3-5,10H2,1-2H3;6-9H,3-5,10-11H2,1-2H3. The predicted molar refractivity (Wildman–Crippen MR) is 173 cm³/mol. The van der Waals surface area contributed by atoms with Crippen molar-refractivity contribution in [2.45, 2.75) is 59.8 Å². The lowest BCUT2D eigenvalue weighted by Crippen LogP contribution is -2.06. The van der Waals surface area contributed by atoms with E-state index in [2.05, 4.69) is 6.92 Å². The number of halogens is 4. The highest BCUT2D eigenvalue weighted by Crippen LogP contribution is 2.45. The molecule has 9 heteroatoms. The summed E-state index contributed by atoms with van der Waals surface area (Å²) in [6, 6.07) is 13.0. The monoisotopic (exact) mass is 650 g/mol. The highest BCUT2D eigenvalue weighted by Gasteiger charge is 2.35. The van der Waals surface area contributed by atoms with E-state index in [-0.39, 0.29) is 53.0 Å². The van der Waals surface area contributed by atoms with Crippen LogP contribution in [0.2, 0.25) is 0 Å². The number of unbranched alkanes of at least 4 members (excludes halogenated alkanes) is 2. The first-order valence-electron chi connectivity index (χ1n) is 16.1. The Morgan fingerprint density at radius 2 is 0.872 bits per heavy atom. The highest BCUT2D eigenvalue weighted by atomic mass is 19.1. The summed E-state index contributed by atoms with van der Waals surface area (Å²) in [7, 11) is 0. The summed E-state index contributed by atoms with van der Waals surface area (Å²) in [5.74, 6) is -2.44. The molecule has 4 aromatic rings. The van der Waals surface area contributed by atoms with E-state index in [1.165, 1.54) is 12.1 Å². The molecule has 0 saturated heterocycles. The van der Waals surface area contributed by atoms with E-state index in [0.29, 0.717) is 42.1 Å². The second-order valence-electron chi connectivity index (χ2n) is 11.2. The van der Waals surface area contributed by atoms with Gasteiger partial charge in [0.1, 0.15) is 0 Å². The van der Waals surface area contributed by atoms with E-state index in [9.17, 15) is 22.4 Å². The van der Waals surface area contributed by atoms with Gasteiger partial charge in [0.25, 0.3) is 0 Å². The van der Waals surface area contributed by atoms with E-state index in [0.717, 1.165) is 36.8 Å². The van der Waals surface area contributed by atoms with Crippen molar-refractivity contribution in [1.29, 1.82) is 0 Å². The van der Waals surface area contributed by atoms with Gasteiger partial charge in [-0.3, -0.25) is 4.79 Å². The molecular formula is C38H38F4O5. The number of ketones is 1. The largest absolute Gasteiger partial charge is 0.491 e. The SMILES string of the molecule is CCCCOc1ccc2c(c1F)C(=O)c1c-2ccc(OCC)c1F.CCCCOc1ccc2c(c1F)Cc1c-2ccc(OCC)c1F.